The number of aryl methyl sites for hydroxylation is 2. The smallest absolute Gasteiger partial charge is 0.349 e. The highest BCUT2D eigenvalue weighted by atomic mass is 35.5. The number of ether oxygens (including phenoxy) is 1. The molecule has 0 aliphatic rings. The summed E-state index contributed by atoms with van der Waals surface area (Å²) in [4.78, 5) is 121. The molecular formula is C117H98Cl3N13O15. The van der Waals surface area contributed by atoms with Crippen molar-refractivity contribution in [2.75, 3.05) is 61.1 Å². The maximum Gasteiger partial charge on any atom is 0.349 e. The molecule has 25 rings (SSSR count). The summed E-state index contributed by atoms with van der Waals surface area (Å²) in [5.41, 5.74) is 17.9. The van der Waals surface area contributed by atoms with Gasteiger partial charge in [0.2, 0.25) is 11.8 Å². The van der Waals surface area contributed by atoms with Gasteiger partial charge in [0.05, 0.1) is 51.2 Å². The minimum Gasteiger partial charge on any atom is -0.493 e. The van der Waals surface area contributed by atoms with Gasteiger partial charge < -0.3 is 74.7 Å². The van der Waals surface area contributed by atoms with Crippen molar-refractivity contribution in [2.45, 2.75) is 68.2 Å². The van der Waals surface area contributed by atoms with Crippen molar-refractivity contribution >= 4 is 196 Å². The van der Waals surface area contributed by atoms with E-state index in [0.717, 1.165) is 173 Å². The number of rotatable bonds is 18. The molecule has 0 spiro atoms. The Morgan fingerprint density at radius 2 is 0.662 bits per heavy atom. The highest BCUT2D eigenvalue weighted by Crippen LogP contribution is 2.36. The number of oxazole rings is 2. The highest BCUT2D eigenvalue weighted by molar-refractivity contribution is 6.31. The molecule has 742 valence electrons. The van der Waals surface area contributed by atoms with E-state index in [1.54, 1.807) is 49.6 Å². The number of anilines is 3. The molecule has 0 aliphatic carbocycles. The van der Waals surface area contributed by atoms with E-state index >= 15 is 0 Å². The van der Waals surface area contributed by atoms with E-state index in [4.69, 9.17) is 51.7 Å². The molecule has 0 radical (unpaired) electrons. The number of hydrogen-bond acceptors (Lipinski definition) is 24. The molecule has 0 atom stereocenters. The van der Waals surface area contributed by atoms with Gasteiger partial charge in [-0.3, -0.25) is 0 Å². The molecule has 4 N–H and O–H groups in total. The predicted octanol–water partition coefficient (Wildman–Crippen LogP) is 27.1. The monoisotopic (exact) mass is 2030 g/mol. The number of nitrogens with zero attached hydrogens (tertiary/aromatic N) is 9. The van der Waals surface area contributed by atoms with E-state index in [0.29, 0.717) is 118 Å². The van der Waals surface area contributed by atoms with Crippen molar-refractivity contribution in [3.63, 3.8) is 0 Å². The van der Waals surface area contributed by atoms with Gasteiger partial charge in [-0.1, -0.05) is 134 Å². The molecule has 0 aliphatic heterocycles. The number of halogens is 3. The third-order valence-electron chi connectivity index (χ3n) is 25.2. The van der Waals surface area contributed by atoms with E-state index < -0.39 is 22.5 Å². The Labute approximate surface area is 860 Å². The van der Waals surface area contributed by atoms with E-state index in [2.05, 4.69) is 112 Å². The van der Waals surface area contributed by atoms with Crippen LogP contribution < -0.4 is 53.2 Å². The molecule has 0 saturated heterocycles. The molecule has 0 unspecified atom stereocenters. The van der Waals surface area contributed by atoms with Crippen LogP contribution in [-0.2, 0) is 0 Å². The van der Waals surface area contributed by atoms with Gasteiger partial charge >= 0.3 is 33.8 Å². The summed E-state index contributed by atoms with van der Waals surface area (Å²) in [6.45, 7) is 22.2. The summed E-state index contributed by atoms with van der Waals surface area (Å²) in [5, 5.41) is 7.85. The number of aromatic amines is 4. The Morgan fingerprint density at radius 1 is 0.284 bits per heavy atom. The van der Waals surface area contributed by atoms with Gasteiger partial charge in [0.1, 0.15) is 95.6 Å². The maximum absolute atomic E-state index is 12.6. The number of fused-ring (bicyclic) bond motifs is 14. The van der Waals surface area contributed by atoms with Crippen LogP contribution in [0.25, 0.3) is 211 Å². The number of para-hydroxylation sites is 9. The van der Waals surface area contributed by atoms with Crippen molar-refractivity contribution in [3.8, 4) is 74.2 Å². The van der Waals surface area contributed by atoms with Crippen LogP contribution in [0.3, 0.4) is 0 Å². The lowest BCUT2D eigenvalue weighted by atomic mass is 10.0. The first-order valence-electron chi connectivity index (χ1n) is 48.0. The Hall–Kier alpha value is -17.7. The molecule has 28 nitrogen and oxygen atoms in total. The third kappa shape index (κ3) is 21.0. The summed E-state index contributed by atoms with van der Waals surface area (Å²) in [7, 11) is 1.54. The molecule has 12 heterocycles. The molecule has 0 saturated carbocycles. The van der Waals surface area contributed by atoms with Crippen LogP contribution in [-0.4, -0.2) is 96.2 Å². The fraction of sp³-hybridized carbons (Fsp3) is 0.145. The van der Waals surface area contributed by atoms with Crippen molar-refractivity contribution in [3.05, 3.63) is 376 Å². The van der Waals surface area contributed by atoms with Gasteiger partial charge in [-0.15, -0.1) is 24.8 Å². The van der Waals surface area contributed by atoms with Crippen LogP contribution in [0.1, 0.15) is 65.5 Å². The second-order valence-corrected chi connectivity index (χ2v) is 35.3. The molecular weight excluding hydrogens is 1930 g/mol. The van der Waals surface area contributed by atoms with Crippen molar-refractivity contribution in [1.29, 1.82) is 0 Å². The molecule has 12 aromatic heterocycles. The van der Waals surface area contributed by atoms with E-state index in [1.165, 1.54) is 0 Å². The lowest BCUT2D eigenvalue weighted by Crippen LogP contribution is -2.24. The summed E-state index contributed by atoms with van der Waals surface area (Å²) in [6, 6.07) is 93.3. The second-order valence-electron chi connectivity index (χ2n) is 34.8. The average molecular weight is 2030 g/mol. The van der Waals surface area contributed by atoms with Crippen LogP contribution >= 0.6 is 36.4 Å². The number of H-pyrrole nitrogens is 4. The van der Waals surface area contributed by atoms with Gasteiger partial charge in [0.25, 0.3) is 0 Å². The minimum absolute atomic E-state index is 0. The molecule has 0 bridgehead atoms. The molecule has 0 amide bonds. The summed E-state index contributed by atoms with van der Waals surface area (Å²) < 4.78 is 49.8. The zero-order valence-electron chi connectivity index (χ0n) is 81.8. The Bertz CT molecular complexity index is 9340. The quantitative estimate of drug-likeness (QED) is 0.0458. The summed E-state index contributed by atoms with van der Waals surface area (Å²) >= 11 is 5.98. The van der Waals surface area contributed by atoms with Gasteiger partial charge in [0.15, 0.2) is 22.5 Å². The zero-order valence-corrected chi connectivity index (χ0v) is 84.2. The lowest BCUT2D eigenvalue weighted by molar-refractivity contribution is 0.407. The number of aromatic nitrogens is 10. The summed E-state index contributed by atoms with van der Waals surface area (Å²) in [6.07, 6.45) is 2.15. The third-order valence-corrected chi connectivity index (χ3v) is 25.4. The topological polar surface area (TPSA) is 367 Å². The Balaban J connectivity index is 0.000000116. The van der Waals surface area contributed by atoms with Crippen molar-refractivity contribution < 1.29 is 40.1 Å². The van der Waals surface area contributed by atoms with Gasteiger partial charge in [0, 0.05) is 112 Å². The highest BCUT2D eigenvalue weighted by Gasteiger charge is 2.23. The number of imidazole rings is 4. The largest absolute Gasteiger partial charge is 0.493 e. The van der Waals surface area contributed by atoms with E-state index in [1.807, 2.05) is 263 Å². The first kappa shape index (κ1) is 100. The van der Waals surface area contributed by atoms with E-state index in [9.17, 15) is 28.8 Å². The molecule has 25 aromatic rings. The van der Waals surface area contributed by atoms with Gasteiger partial charge in [-0.05, 0) is 247 Å². The van der Waals surface area contributed by atoms with Crippen LogP contribution in [0, 0.1) is 13.8 Å². The number of benzene rings is 13. The first-order chi connectivity index (χ1) is 71.1. The van der Waals surface area contributed by atoms with Crippen LogP contribution in [0.4, 0.5) is 17.1 Å². The molecule has 148 heavy (non-hydrogen) atoms. The Morgan fingerprint density at radius 3 is 1.15 bits per heavy atom. The fourth-order valence-corrected chi connectivity index (χ4v) is 18.0. The fourth-order valence-electron chi connectivity index (χ4n) is 17.8. The SMILES string of the molecule is CCCN(CCC)c1ccc2cc(-c3nc4ccccc4[nH]3)c(=O)oc2c1.CCN(CC)c1ccc2cc(-c3nc4cc(Cl)ccc4o3)c(=O)oc2c1.CCN(CC)c1ccc2cc(-c3nc4ccc(C)cc4o3)c(=O)oc2c1.COc1cccc2cc(-c3nc4ccccc4[nH]3)c(=O)oc12.Cc1ccc2oc(=O)c(-c3nc4ccccc4[nH]3)cc2c1.Cl.Cl.O=c1oc2ccc3ccccc3c2cc1-c1nc2ccccc2[nH]1. The van der Waals surface area contributed by atoms with Crippen LogP contribution in [0.5, 0.6) is 5.75 Å². The van der Waals surface area contributed by atoms with Gasteiger partial charge in [-0.25, -0.2) is 58.7 Å². The minimum atomic E-state index is -0.480. The zero-order chi connectivity index (χ0) is 101. The summed E-state index contributed by atoms with van der Waals surface area (Å²) in [5.74, 6) is 3.15. The normalized spacial score (nSPS) is 11.2. The maximum atomic E-state index is 12.6. The Kier molecular flexibility index (Phi) is 29.7. The molecule has 31 heteroatoms. The second kappa shape index (κ2) is 43.8. The first-order valence-corrected chi connectivity index (χ1v) is 48.3. The van der Waals surface area contributed by atoms with Crippen molar-refractivity contribution in [2.24, 2.45) is 0 Å². The predicted molar refractivity (Wildman–Crippen MR) is 594 cm³/mol. The van der Waals surface area contributed by atoms with Crippen molar-refractivity contribution in [1.82, 2.24) is 49.8 Å². The number of hydrogen-bond donors (Lipinski definition) is 4. The standard InChI is InChI=1S/C22H23N3O2.C21H20N2O3.C20H17ClN2O3.C20H12N2O2.C17H12N2O3.C17H12N2O2.2ClH/c1-3-11-25(12-4-2)16-10-9-15-13-17(22(26)27-20(15)14-16)21-23-18-7-5-6-8-19(18)24-21;1-4-23(5-2)15-8-7-14-11-16(21(24)26-18(14)12-15)20-22-17-9-6-13(3)10-19(17)25-20;1-3-23(4-2)14-7-5-12-9-15(20(24)26-18(12)11-14)19-22-16-10-13(21)6-8-17(16)25-19;23-20-15(19-21-16-7-3-4-8-17(16)22-19)11-14-13-6-2-1-5-12(13)9-10-18(14)24-20;1-21-14-8-4-5-10-9-11(17(20)22-15(10)14)16-18-12-6-2-3-7-13(12)19-16;1-10-6-7-15-11(8-10)9-12(17(20)21-15)16-18-13-4-2-3-5-14(13)19-16;;/h5-10,13-14H,3-4,11-12H2,1-2H3,(H,23,24);6-12H,4-5H2,1-3H3;5-11H,3-4H2,1-2H3;1-11H,(H,21,22);2-9H,1H3,(H,18,19);2-9H,1H3,(H,18,19);2*1H. The molecule has 0 fully saturated rings. The van der Waals surface area contributed by atoms with Gasteiger partial charge in [-0.2, -0.15) is 0 Å². The number of methoxy groups -OCH3 is 1. The average Bonchev–Trinajstić information content (AvgIpc) is 1.70. The lowest BCUT2D eigenvalue weighted by Gasteiger charge is -2.23. The van der Waals surface area contributed by atoms with Crippen LogP contribution in [0.2, 0.25) is 5.02 Å². The van der Waals surface area contributed by atoms with Crippen LogP contribution in [0.15, 0.2) is 361 Å². The molecule has 13 aromatic carbocycles. The van der Waals surface area contributed by atoms with E-state index in [-0.39, 0.29) is 47.8 Å². The number of nitrogens with one attached hydrogen (secondary N) is 4.